The molecule has 0 saturated carbocycles. The Hall–Kier alpha value is -0.840. The Kier molecular flexibility index (Phi) is 2.96. The van der Waals surface area contributed by atoms with Gasteiger partial charge in [0, 0.05) is 6.61 Å². The molecule has 0 aliphatic carbocycles. The average molecular weight is 283 g/mol. The van der Waals surface area contributed by atoms with Crippen LogP contribution >= 0.6 is 23.8 Å². The highest BCUT2D eigenvalue weighted by Crippen LogP contribution is 2.32. The zero-order valence-corrected chi connectivity index (χ0v) is 11.8. The van der Waals surface area contributed by atoms with Crippen molar-refractivity contribution in [2.45, 2.75) is 25.3 Å². The third-order valence-electron chi connectivity index (χ3n) is 3.62. The number of nitrogens with one attached hydrogen (secondary N) is 1. The zero-order chi connectivity index (χ0) is 12.8. The number of hydrogen-bond donors (Lipinski definition) is 1. The van der Waals surface area contributed by atoms with Crippen LogP contribution in [-0.2, 0) is 10.3 Å². The molecule has 1 aliphatic rings. The molecular formula is C13H15ClN2OS. The molecule has 96 valence electrons. The van der Waals surface area contributed by atoms with E-state index in [0.29, 0.717) is 16.4 Å². The average Bonchev–Trinajstić information content (AvgIpc) is 2.68. The Labute approximate surface area is 116 Å². The Morgan fingerprint density at radius 2 is 2.33 bits per heavy atom. The van der Waals surface area contributed by atoms with Gasteiger partial charge in [-0.05, 0) is 44.1 Å². The van der Waals surface area contributed by atoms with E-state index in [1.807, 2.05) is 18.2 Å². The summed E-state index contributed by atoms with van der Waals surface area (Å²) in [6, 6.07) is 5.88. The van der Waals surface area contributed by atoms with Crippen molar-refractivity contribution in [3.63, 3.8) is 0 Å². The van der Waals surface area contributed by atoms with Crippen molar-refractivity contribution < 1.29 is 4.74 Å². The first-order valence-corrected chi connectivity index (χ1v) is 6.88. The van der Waals surface area contributed by atoms with Crippen molar-refractivity contribution in [3.05, 3.63) is 28.0 Å². The molecule has 1 atom stereocenters. The molecule has 1 aliphatic heterocycles. The van der Waals surface area contributed by atoms with E-state index in [1.165, 1.54) is 0 Å². The number of H-pyrrole nitrogens is 1. The molecule has 18 heavy (non-hydrogen) atoms. The second-order valence-electron chi connectivity index (χ2n) is 5.05. The number of benzene rings is 1. The van der Waals surface area contributed by atoms with Gasteiger partial charge in [-0.1, -0.05) is 17.7 Å². The fraction of sp³-hybridized carbons (Fsp3) is 0.462. The summed E-state index contributed by atoms with van der Waals surface area (Å²) in [5.74, 6) is 0. The number of fused-ring (bicyclic) bond motifs is 1. The minimum absolute atomic E-state index is 0.0851. The second-order valence-corrected chi connectivity index (χ2v) is 5.85. The normalized spacial score (nSPS) is 24.6. The molecule has 1 aromatic carbocycles. The molecule has 2 heterocycles. The van der Waals surface area contributed by atoms with Crippen molar-refractivity contribution in [2.24, 2.45) is 0 Å². The van der Waals surface area contributed by atoms with Crippen LogP contribution in [0.3, 0.4) is 0 Å². The van der Waals surface area contributed by atoms with Crippen molar-refractivity contribution in [1.29, 1.82) is 0 Å². The van der Waals surface area contributed by atoms with Gasteiger partial charge in [0.15, 0.2) is 4.77 Å². The molecule has 3 rings (SSSR count). The van der Waals surface area contributed by atoms with Gasteiger partial charge in [-0.3, -0.25) is 0 Å². The first-order valence-electron chi connectivity index (χ1n) is 6.09. The molecular weight excluding hydrogens is 268 g/mol. The number of nitrogens with zero attached hydrogens (tertiary/aromatic N) is 1. The summed E-state index contributed by atoms with van der Waals surface area (Å²) in [5, 5.41) is 0.706. The number of hydrogen-bond acceptors (Lipinski definition) is 2. The van der Waals surface area contributed by atoms with Crippen molar-refractivity contribution >= 4 is 34.9 Å². The lowest BCUT2D eigenvalue weighted by Crippen LogP contribution is -2.39. The third-order valence-corrected chi connectivity index (χ3v) is 4.22. The minimum Gasteiger partial charge on any atom is -0.379 e. The van der Waals surface area contributed by atoms with Gasteiger partial charge in [0.1, 0.15) is 0 Å². The largest absolute Gasteiger partial charge is 0.379 e. The predicted octanol–water partition coefficient (Wildman–Crippen LogP) is 3.88. The van der Waals surface area contributed by atoms with Gasteiger partial charge in [0.2, 0.25) is 0 Å². The summed E-state index contributed by atoms with van der Waals surface area (Å²) in [5.41, 5.74) is 1.88. The molecule has 1 saturated heterocycles. The summed E-state index contributed by atoms with van der Waals surface area (Å²) in [6.45, 7) is 3.73. The van der Waals surface area contributed by atoms with E-state index in [0.717, 1.165) is 30.5 Å². The number of imidazole rings is 1. The number of aromatic amines is 1. The SMILES string of the molecule is CC1(n2c(=S)[nH]c3c(Cl)cccc32)CCCOC1. The smallest absolute Gasteiger partial charge is 0.178 e. The molecule has 3 nitrogen and oxygen atoms in total. The Bertz CT molecular complexity index is 640. The highest BCUT2D eigenvalue weighted by molar-refractivity contribution is 7.71. The van der Waals surface area contributed by atoms with Crippen LogP contribution in [-0.4, -0.2) is 22.8 Å². The fourth-order valence-electron chi connectivity index (χ4n) is 2.73. The van der Waals surface area contributed by atoms with E-state index in [1.54, 1.807) is 0 Å². The maximum absolute atomic E-state index is 6.20. The van der Waals surface area contributed by atoms with Crippen LogP contribution in [0.15, 0.2) is 18.2 Å². The number of ether oxygens (including phenoxy) is 1. The summed E-state index contributed by atoms with van der Waals surface area (Å²) in [6.07, 6.45) is 2.13. The van der Waals surface area contributed by atoms with Gasteiger partial charge >= 0.3 is 0 Å². The lowest BCUT2D eigenvalue weighted by molar-refractivity contribution is 0.0108. The van der Waals surface area contributed by atoms with E-state index >= 15 is 0 Å². The number of aromatic nitrogens is 2. The quantitative estimate of drug-likeness (QED) is 0.805. The maximum atomic E-state index is 6.20. The third kappa shape index (κ3) is 1.79. The predicted molar refractivity (Wildman–Crippen MR) is 75.8 cm³/mol. The molecule has 0 radical (unpaired) electrons. The van der Waals surface area contributed by atoms with Crippen LogP contribution in [0.2, 0.25) is 5.02 Å². The van der Waals surface area contributed by atoms with Crippen LogP contribution in [0.25, 0.3) is 11.0 Å². The zero-order valence-electron chi connectivity index (χ0n) is 10.2. The lowest BCUT2D eigenvalue weighted by Gasteiger charge is -2.35. The molecule has 1 unspecified atom stereocenters. The van der Waals surface area contributed by atoms with Crippen LogP contribution < -0.4 is 0 Å². The van der Waals surface area contributed by atoms with Crippen molar-refractivity contribution in [1.82, 2.24) is 9.55 Å². The number of rotatable bonds is 1. The van der Waals surface area contributed by atoms with Crippen molar-refractivity contribution in [2.75, 3.05) is 13.2 Å². The Morgan fingerprint density at radius 1 is 1.50 bits per heavy atom. The van der Waals surface area contributed by atoms with E-state index in [-0.39, 0.29) is 5.54 Å². The molecule has 0 amide bonds. The number of halogens is 1. The fourth-order valence-corrected chi connectivity index (χ4v) is 3.36. The van der Waals surface area contributed by atoms with Gasteiger partial charge in [-0.15, -0.1) is 0 Å². The van der Waals surface area contributed by atoms with Gasteiger partial charge in [-0.25, -0.2) is 0 Å². The summed E-state index contributed by atoms with van der Waals surface area (Å²) < 4.78 is 8.50. The van der Waals surface area contributed by atoms with Crippen LogP contribution in [0.5, 0.6) is 0 Å². The highest BCUT2D eigenvalue weighted by Gasteiger charge is 2.31. The van der Waals surface area contributed by atoms with E-state index < -0.39 is 0 Å². The Morgan fingerprint density at radius 3 is 3.06 bits per heavy atom. The number of para-hydroxylation sites is 1. The maximum Gasteiger partial charge on any atom is 0.178 e. The monoisotopic (exact) mass is 282 g/mol. The summed E-state index contributed by atoms with van der Waals surface area (Å²) >= 11 is 11.7. The Balaban J connectivity index is 2.25. The van der Waals surface area contributed by atoms with Crippen molar-refractivity contribution in [3.8, 4) is 0 Å². The molecule has 2 aromatic rings. The van der Waals surface area contributed by atoms with Gasteiger partial charge in [0.25, 0.3) is 0 Å². The van der Waals surface area contributed by atoms with E-state index in [4.69, 9.17) is 28.6 Å². The summed E-state index contributed by atoms with van der Waals surface area (Å²) in [7, 11) is 0. The first kappa shape index (κ1) is 12.2. The highest BCUT2D eigenvalue weighted by atomic mass is 35.5. The summed E-state index contributed by atoms with van der Waals surface area (Å²) in [4.78, 5) is 3.21. The first-order chi connectivity index (χ1) is 8.62. The lowest BCUT2D eigenvalue weighted by atomic mass is 9.94. The molecule has 1 fully saturated rings. The van der Waals surface area contributed by atoms with E-state index in [2.05, 4.69) is 16.5 Å². The molecule has 5 heteroatoms. The molecule has 0 spiro atoms. The molecule has 1 N–H and O–H groups in total. The van der Waals surface area contributed by atoms with Gasteiger partial charge in [-0.2, -0.15) is 0 Å². The van der Waals surface area contributed by atoms with Gasteiger partial charge < -0.3 is 14.3 Å². The van der Waals surface area contributed by atoms with Crippen LogP contribution in [0.4, 0.5) is 0 Å². The minimum atomic E-state index is -0.0851. The van der Waals surface area contributed by atoms with Crippen LogP contribution in [0, 0.1) is 4.77 Å². The topological polar surface area (TPSA) is 29.9 Å². The second kappa shape index (κ2) is 4.37. The van der Waals surface area contributed by atoms with E-state index in [9.17, 15) is 0 Å². The molecule has 1 aromatic heterocycles. The molecule has 0 bridgehead atoms. The standard InChI is InChI=1S/C13H15ClN2OS/c1-13(6-3-7-17-8-13)16-10-5-2-4-9(14)11(10)15-12(16)18/h2,4-5H,3,6-8H2,1H3,(H,15,18). The van der Waals surface area contributed by atoms with Crippen LogP contribution in [0.1, 0.15) is 19.8 Å². The van der Waals surface area contributed by atoms with Gasteiger partial charge in [0.05, 0.1) is 28.2 Å².